The maximum atomic E-state index is 15.8. The molecule has 2 aromatic rings. The van der Waals surface area contributed by atoms with E-state index in [1.54, 1.807) is 44.5 Å². The lowest BCUT2D eigenvalue weighted by Crippen LogP contribution is -2.62. The highest BCUT2D eigenvalue weighted by Gasteiger charge is 2.46. The number of amides is 4. The molecule has 1 aromatic carbocycles. The van der Waals surface area contributed by atoms with E-state index in [0.29, 0.717) is 17.8 Å². The Balaban J connectivity index is 1.59. The van der Waals surface area contributed by atoms with Crippen LogP contribution in [-0.2, 0) is 30.8 Å². The van der Waals surface area contributed by atoms with Crippen LogP contribution >= 0.6 is 0 Å². The van der Waals surface area contributed by atoms with Gasteiger partial charge in [-0.25, -0.2) is 12.8 Å². The largest absolute Gasteiger partial charge is 0.341 e. The van der Waals surface area contributed by atoms with Crippen molar-refractivity contribution in [1.82, 2.24) is 25.3 Å². The molecule has 2 fully saturated rings. The highest BCUT2D eigenvalue weighted by atomic mass is 32.2. The van der Waals surface area contributed by atoms with Gasteiger partial charge in [0.2, 0.25) is 17.7 Å². The van der Waals surface area contributed by atoms with Crippen LogP contribution in [0, 0.1) is 11.7 Å². The van der Waals surface area contributed by atoms with Crippen molar-refractivity contribution in [3.05, 3.63) is 47.5 Å². The Morgan fingerprint density at radius 2 is 1.68 bits per heavy atom. The standard InChI is InChI=1S/C33H47FN6O6S/c1-6-28(41)37-32(4,31(44)39-17-19-47(45,46)20-18-39)22(3)23-13-14-26(25(34)21-23)36-30(43)33(5,24-11-9-8-10-12-24)38-29(42)27-15-16-35-40(27)7-2/h13-16,21-22,24H,6-12,17-20H2,1-5H3,(H,36,43)(H,37,41)(H,38,42)/t22-,32-,33+/m0/s1. The second-order valence-electron chi connectivity index (χ2n) is 13.0. The van der Waals surface area contributed by atoms with Crippen molar-refractivity contribution in [2.45, 2.75) is 96.7 Å². The molecular formula is C33H47FN6O6S. The summed E-state index contributed by atoms with van der Waals surface area (Å²) in [7, 11) is -3.25. The van der Waals surface area contributed by atoms with Crippen LogP contribution in [-0.4, -0.2) is 82.4 Å². The first kappa shape index (κ1) is 36.0. The van der Waals surface area contributed by atoms with Gasteiger partial charge in [-0.15, -0.1) is 0 Å². The van der Waals surface area contributed by atoms with Crippen molar-refractivity contribution in [2.24, 2.45) is 5.92 Å². The van der Waals surface area contributed by atoms with E-state index in [-0.39, 0.29) is 48.5 Å². The van der Waals surface area contributed by atoms with Gasteiger partial charge in [0, 0.05) is 38.2 Å². The number of aromatic nitrogens is 2. The number of benzene rings is 1. The molecule has 0 unspecified atom stereocenters. The minimum atomic E-state index is -3.25. The summed E-state index contributed by atoms with van der Waals surface area (Å²) in [6.07, 6.45) is 5.96. The smallest absolute Gasteiger partial charge is 0.270 e. The van der Waals surface area contributed by atoms with Gasteiger partial charge in [-0.2, -0.15) is 5.10 Å². The Morgan fingerprint density at radius 1 is 1.02 bits per heavy atom. The highest BCUT2D eigenvalue weighted by Crippen LogP contribution is 2.36. The second kappa shape index (κ2) is 14.5. The second-order valence-corrected chi connectivity index (χ2v) is 15.3. The van der Waals surface area contributed by atoms with Gasteiger partial charge in [0.05, 0.1) is 17.2 Å². The molecule has 47 heavy (non-hydrogen) atoms. The predicted octanol–water partition coefficient (Wildman–Crippen LogP) is 3.40. The van der Waals surface area contributed by atoms with Gasteiger partial charge in [0.1, 0.15) is 22.6 Å². The lowest BCUT2D eigenvalue weighted by atomic mass is 9.74. The minimum absolute atomic E-state index is 0.00187. The minimum Gasteiger partial charge on any atom is -0.341 e. The fourth-order valence-corrected chi connectivity index (χ4v) is 7.76. The summed E-state index contributed by atoms with van der Waals surface area (Å²) in [6, 6.07) is 5.81. The Morgan fingerprint density at radius 3 is 2.28 bits per heavy atom. The zero-order valence-corrected chi connectivity index (χ0v) is 28.7. The third kappa shape index (κ3) is 7.85. The van der Waals surface area contributed by atoms with E-state index in [1.807, 2.05) is 6.92 Å². The third-order valence-corrected chi connectivity index (χ3v) is 11.5. The van der Waals surface area contributed by atoms with E-state index in [0.717, 1.165) is 32.1 Å². The van der Waals surface area contributed by atoms with E-state index in [4.69, 9.17) is 0 Å². The molecular weight excluding hydrogens is 627 g/mol. The first-order chi connectivity index (χ1) is 22.1. The van der Waals surface area contributed by atoms with Crippen LogP contribution in [0.5, 0.6) is 0 Å². The summed E-state index contributed by atoms with van der Waals surface area (Å²) < 4.78 is 41.3. The number of nitrogens with zero attached hydrogens (tertiary/aromatic N) is 3. The number of rotatable bonds is 11. The molecule has 14 heteroatoms. The lowest BCUT2D eigenvalue weighted by Gasteiger charge is -2.40. The summed E-state index contributed by atoms with van der Waals surface area (Å²) in [5.74, 6) is -3.80. The van der Waals surface area contributed by atoms with Crippen molar-refractivity contribution in [2.75, 3.05) is 29.9 Å². The molecule has 0 spiro atoms. The normalized spacial score (nSPS) is 19.9. The fourth-order valence-electron chi connectivity index (χ4n) is 6.56. The first-order valence-electron chi connectivity index (χ1n) is 16.4. The van der Waals surface area contributed by atoms with Gasteiger partial charge < -0.3 is 20.9 Å². The zero-order valence-electron chi connectivity index (χ0n) is 27.9. The number of hydrogen-bond donors (Lipinski definition) is 3. The number of carbonyl (C=O) groups excluding carboxylic acids is 4. The molecule has 1 aliphatic carbocycles. The Kier molecular flexibility index (Phi) is 11.1. The van der Waals surface area contributed by atoms with E-state index < -0.39 is 50.4 Å². The van der Waals surface area contributed by atoms with Gasteiger partial charge in [0.15, 0.2) is 9.84 Å². The molecule has 1 saturated carbocycles. The number of anilines is 1. The van der Waals surface area contributed by atoms with Crippen molar-refractivity contribution < 1.29 is 32.0 Å². The summed E-state index contributed by atoms with van der Waals surface area (Å²) in [6.45, 7) is 8.92. The molecule has 2 heterocycles. The molecule has 4 amide bonds. The van der Waals surface area contributed by atoms with Crippen LogP contribution in [0.1, 0.15) is 95.1 Å². The average molecular weight is 675 g/mol. The van der Waals surface area contributed by atoms with Crippen LogP contribution in [0.4, 0.5) is 10.1 Å². The molecule has 1 aliphatic heterocycles. The first-order valence-corrected chi connectivity index (χ1v) is 18.2. The summed E-state index contributed by atoms with van der Waals surface area (Å²) in [4.78, 5) is 55.1. The van der Waals surface area contributed by atoms with Crippen LogP contribution in [0.3, 0.4) is 0 Å². The molecule has 258 valence electrons. The number of aryl methyl sites for hydroxylation is 1. The van der Waals surface area contributed by atoms with Gasteiger partial charge in [0.25, 0.3) is 5.91 Å². The monoisotopic (exact) mass is 674 g/mol. The number of halogens is 1. The van der Waals surface area contributed by atoms with Gasteiger partial charge in [-0.1, -0.05) is 39.2 Å². The number of nitrogens with one attached hydrogen (secondary N) is 3. The zero-order chi connectivity index (χ0) is 34.6. The Labute approximate surface area is 276 Å². The van der Waals surface area contributed by atoms with Crippen molar-refractivity contribution in [3.8, 4) is 0 Å². The molecule has 12 nitrogen and oxygen atoms in total. The van der Waals surface area contributed by atoms with E-state index in [2.05, 4.69) is 21.0 Å². The number of hydrogen-bond acceptors (Lipinski definition) is 7. The van der Waals surface area contributed by atoms with E-state index in [1.165, 1.54) is 23.2 Å². The predicted molar refractivity (Wildman–Crippen MR) is 176 cm³/mol. The molecule has 0 radical (unpaired) electrons. The van der Waals surface area contributed by atoms with Crippen LogP contribution < -0.4 is 16.0 Å². The van der Waals surface area contributed by atoms with Gasteiger partial charge in [-0.05, 0) is 63.3 Å². The van der Waals surface area contributed by atoms with Crippen molar-refractivity contribution >= 4 is 39.2 Å². The Hall–Kier alpha value is -3.81. The van der Waals surface area contributed by atoms with Crippen LogP contribution in [0.2, 0.25) is 0 Å². The number of carbonyl (C=O) groups is 4. The fraction of sp³-hybridized carbons (Fsp3) is 0.606. The van der Waals surface area contributed by atoms with Crippen molar-refractivity contribution in [3.63, 3.8) is 0 Å². The number of sulfone groups is 1. The van der Waals surface area contributed by atoms with Crippen LogP contribution in [0.25, 0.3) is 0 Å². The topological polar surface area (TPSA) is 160 Å². The van der Waals surface area contributed by atoms with E-state index in [9.17, 15) is 27.6 Å². The highest BCUT2D eigenvalue weighted by molar-refractivity contribution is 7.91. The third-order valence-electron chi connectivity index (χ3n) is 9.92. The molecule has 3 atom stereocenters. The van der Waals surface area contributed by atoms with Crippen LogP contribution in [0.15, 0.2) is 30.5 Å². The molecule has 1 saturated heterocycles. The summed E-state index contributed by atoms with van der Waals surface area (Å²) in [5.41, 5.74) is -2.21. The molecule has 0 bridgehead atoms. The summed E-state index contributed by atoms with van der Waals surface area (Å²) >= 11 is 0. The lowest BCUT2D eigenvalue weighted by molar-refractivity contribution is -0.141. The molecule has 2 aliphatic rings. The van der Waals surface area contributed by atoms with E-state index >= 15 is 4.39 Å². The quantitative estimate of drug-likeness (QED) is 0.330. The maximum absolute atomic E-state index is 15.8. The maximum Gasteiger partial charge on any atom is 0.270 e. The molecule has 4 rings (SSSR count). The molecule has 1 aromatic heterocycles. The van der Waals surface area contributed by atoms with Crippen molar-refractivity contribution in [1.29, 1.82) is 0 Å². The Bertz CT molecular complexity index is 1590. The SMILES string of the molecule is CCC(=O)N[C@](C)(C(=O)N1CCS(=O)(=O)CC1)[C@@H](C)c1ccc(NC(=O)[C@](C)(NC(=O)c2ccnn2CC)C2CCCCC2)c(F)c1. The van der Waals surface area contributed by atoms with Gasteiger partial charge in [-0.3, -0.25) is 23.9 Å². The average Bonchev–Trinajstić information content (AvgIpc) is 3.54. The van der Waals surface area contributed by atoms with Gasteiger partial charge >= 0.3 is 0 Å². The molecule has 3 N–H and O–H groups in total. The summed E-state index contributed by atoms with van der Waals surface area (Å²) in [5, 5.41) is 12.6.